The second-order valence-corrected chi connectivity index (χ2v) is 6.33. The molecular weight excluding hydrogens is 354 g/mol. The summed E-state index contributed by atoms with van der Waals surface area (Å²) in [5.74, 6) is 0.970. The topological polar surface area (TPSA) is 39.2 Å². The molecule has 2 aromatic carbocycles. The van der Waals surface area contributed by atoms with Crippen molar-refractivity contribution in [3.8, 4) is 5.75 Å². The summed E-state index contributed by atoms with van der Waals surface area (Å²) in [7, 11) is 0. The maximum Gasteiger partial charge on any atom is 0.160 e. The smallest absolute Gasteiger partial charge is 0.160 e. The Hall–Kier alpha value is -2.20. The molecule has 4 heteroatoms. The Morgan fingerprint density at radius 3 is 2.96 bits per heavy atom. The van der Waals surface area contributed by atoms with Crippen LogP contribution in [-0.4, -0.2) is 22.7 Å². The lowest BCUT2D eigenvalue weighted by molar-refractivity contribution is -0.112. The summed E-state index contributed by atoms with van der Waals surface area (Å²) in [5.41, 5.74) is 0.933. The number of fused-ring (bicyclic) bond motifs is 4. The minimum absolute atomic E-state index is 0.145. The number of carbonyl (C=O) groups is 1. The highest BCUT2D eigenvalue weighted by Crippen LogP contribution is 2.31. The number of hydrogen-bond donors (Lipinski definition) is 0. The van der Waals surface area contributed by atoms with Gasteiger partial charge < -0.3 is 4.74 Å². The zero-order valence-electron chi connectivity index (χ0n) is 12.4. The molecule has 0 aliphatic heterocycles. The second kappa shape index (κ2) is 5.78. The van der Waals surface area contributed by atoms with Gasteiger partial charge in [0.05, 0.1) is 12.1 Å². The van der Waals surface area contributed by atoms with E-state index in [1.807, 2.05) is 30.3 Å². The molecule has 0 saturated carbocycles. The van der Waals surface area contributed by atoms with Gasteiger partial charge in [0, 0.05) is 28.7 Å². The van der Waals surface area contributed by atoms with Gasteiger partial charge in [0.1, 0.15) is 5.75 Å². The number of benzene rings is 2. The molecule has 3 aromatic rings. The molecular formula is C19H14BrNO2. The van der Waals surface area contributed by atoms with E-state index in [9.17, 15) is 4.79 Å². The van der Waals surface area contributed by atoms with Gasteiger partial charge in [-0.2, -0.15) is 0 Å². The quantitative estimate of drug-likeness (QED) is 0.527. The molecule has 0 fully saturated rings. The van der Waals surface area contributed by atoms with Crippen molar-refractivity contribution >= 4 is 55.5 Å². The Bertz CT molecular complexity index is 1060. The number of pyridine rings is 1. The van der Waals surface area contributed by atoms with Crippen LogP contribution in [0.4, 0.5) is 0 Å². The van der Waals surface area contributed by atoms with Crippen molar-refractivity contribution in [3.63, 3.8) is 0 Å². The van der Waals surface area contributed by atoms with Crippen molar-refractivity contribution in [2.45, 2.75) is 6.42 Å². The predicted molar refractivity (Wildman–Crippen MR) is 96.3 cm³/mol. The molecule has 0 bridgehead atoms. The summed E-state index contributed by atoms with van der Waals surface area (Å²) in [6.07, 6.45) is 5.97. The fourth-order valence-electron chi connectivity index (χ4n) is 3.03. The highest BCUT2D eigenvalue weighted by molar-refractivity contribution is 9.09. The van der Waals surface area contributed by atoms with E-state index >= 15 is 0 Å². The van der Waals surface area contributed by atoms with Crippen LogP contribution in [0.2, 0.25) is 0 Å². The standard InChI is InChI=1S/C19H14BrNO2/c20-5-7-23-18-11-14-8-13-9-15(22)4-3-12(13)10-17(14)19-16(18)2-1-6-21-19/h1-3,6,8-11H,4-5,7H2. The van der Waals surface area contributed by atoms with Crippen molar-refractivity contribution in [2.24, 2.45) is 0 Å². The van der Waals surface area contributed by atoms with E-state index in [0.717, 1.165) is 43.2 Å². The fraction of sp³-hybridized carbons (Fsp3) is 0.158. The number of carbonyl (C=O) groups excluding carboxylic acids is 1. The first-order valence-electron chi connectivity index (χ1n) is 7.51. The zero-order chi connectivity index (χ0) is 15.8. The van der Waals surface area contributed by atoms with Gasteiger partial charge in [-0.25, -0.2) is 0 Å². The second-order valence-electron chi connectivity index (χ2n) is 5.53. The van der Waals surface area contributed by atoms with Crippen molar-refractivity contribution < 1.29 is 9.53 Å². The van der Waals surface area contributed by atoms with Gasteiger partial charge in [-0.15, -0.1) is 0 Å². The van der Waals surface area contributed by atoms with Crippen LogP contribution >= 0.6 is 15.9 Å². The first-order chi connectivity index (χ1) is 11.3. The van der Waals surface area contributed by atoms with E-state index in [1.165, 1.54) is 0 Å². The Kier molecular flexibility index (Phi) is 3.62. The number of aromatic nitrogens is 1. The number of alkyl halides is 1. The normalized spacial score (nSPS) is 13.5. The first-order valence-corrected chi connectivity index (χ1v) is 8.63. The van der Waals surface area contributed by atoms with Gasteiger partial charge >= 0.3 is 0 Å². The summed E-state index contributed by atoms with van der Waals surface area (Å²) >= 11 is 3.39. The van der Waals surface area contributed by atoms with E-state index in [-0.39, 0.29) is 5.78 Å². The average molecular weight is 368 g/mol. The molecule has 0 saturated heterocycles. The van der Waals surface area contributed by atoms with Crippen LogP contribution in [0.15, 0.2) is 36.5 Å². The van der Waals surface area contributed by atoms with E-state index in [0.29, 0.717) is 13.0 Å². The Labute approximate surface area is 141 Å². The molecule has 1 aliphatic rings. The van der Waals surface area contributed by atoms with Crippen molar-refractivity contribution in [1.29, 1.82) is 0 Å². The minimum Gasteiger partial charge on any atom is -0.492 e. The highest BCUT2D eigenvalue weighted by atomic mass is 79.9. The van der Waals surface area contributed by atoms with Crippen LogP contribution in [0.25, 0.3) is 33.8 Å². The van der Waals surface area contributed by atoms with Crippen LogP contribution < -0.4 is 15.2 Å². The summed E-state index contributed by atoms with van der Waals surface area (Å²) < 4.78 is 5.87. The third-order valence-electron chi connectivity index (χ3n) is 4.04. The van der Waals surface area contributed by atoms with Crippen molar-refractivity contribution in [1.82, 2.24) is 4.98 Å². The van der Waals surface area contributed by atoms with E-state index in [2.05, 4.69) is 27.0 Å². The van der Waals surface area contributed by atoms with Crippen LogP contribution in [0.5, 0.6) is 5.75 Å². The van der Waals surface area contributed by atoms with Gasteiger partial charge in [-0.1, -0.05) is 22.0 Å². The third kappa shape index (κ3) is 2.53. The molecule has 1 heterocycles. The van der Waals surface area contributed by atoms with Crippen LogP contribution in [0.1, 0.15) is 6.42 Å². The maximum absolute atomic E-state index is 11.7. The fourth-order valence-corrected chi connectivity index (χ4v) is 3.19. The van der Waals surface area contributed by atoms with Crippen LogP contribution in [-0.2, 0) is 4.79 Å². The number of hydrogen-bond acceptors (Lipinski definition) is 3. The van der Waals surface area contributed by atoms with Gasteiger partial charge in [-0.3, -0.25) is 9.78 Å². The number of nitrogens with zero attached hydrogens (tertiary/aromatic N) is 1. The molecule has 0 spiro atoms. The minimum atomic E-state index is 0.145. The summed E-state index contributed by atoms with van der Waals surface area (Å²) in [5, 5.41) is 5.97. The molecule has 3 nitrogen and oxygen atoms in total. The van der Waals surface area contributed by atoms with Crippen molar-refractivity contribution in [3.05, 3.63) is 47.0 Å². The average Bonchev–Trinajstić information content (AvgIpc) is 2.58. The lowest BCUT2D eigenvalue weighted by Gasteiger charge is -2.11. The molecule has 23 heavy (non-hydrogen) atoms. The predicted octanol–water partition coefficient (Wildman–Crippen LogP) is 2.70. The number of Topliss-reactive ketones (excluding diaryl/α,β-unsaturated/α-hetero) is 1. The van der Waals surface area contributed by atoms with Gasteiger partial charge in [0.15, 0.2) is 5.78 Å². The molecule has 0 N–H and O–H groups in total. The Balaban J connectivity index is 2.09. The van der Waals surface area contributed by atoms with Crippen LogP contribution in [0, 0.1) is 0 Å². The molecule has 114 valence electrons. The number of ketones is 1. The lowest BCUT2D eigenvalue weighted by Crippen LogP contribution is -2.28. The monoisotopic (exact) mass is 367 g/mol. The van der Waals surface area contributed by atoms with Gasteiger partial charge in [0.2, 0.25) is 0 Å². The molecule has 4 rings (SSSR count). The molecule has 0 radical (unpaired) electrons. The maximum atomic E-state index is 11.7. The molecule has 0 unspecified atom stereocenters. The molecule has 1 aromatic heterocycles. The summed E-state index contributed by atoms with van der Waals surface area (Å²) in [6, 6.07) is 10.2. The Morgan fingerprint density at radius 1 is 1.17 bits per heavy atom. The van der Waals surface area contributed by atoms with Crippen LogP contribution in [0.3, 0.4) is 0 Å². The Morgan fingerprint density at radius 2 is 2.09 bits per heavy atom. The molecule has 0 amide bonds. The summed E-state index contributed by atoms with van der Waals surface area (Å²) in [6.45, 7) is 0.596. The first kappa shape index (κ1) is 14.4. The van der Waals surface area contributed by atoms with E-state index in [4.69, 9.17) is 4.74 Å². The van der Waals surface area contributed by atoms with E-state index < -0.39 is 0 Å². The number of halogens is 1. The van der Waals surface area contributed by atoms with E-state index in [1.54, 1.807) is 12.3 Å². The summed E-state index contributed by atoms with van der Waals surface area (Å²) in [4.78, 5) is 16.2. The number of ether oxygens (including phenoxy) is 1. The third-order valence-corrected chi connectivity index (χ3v) is 4.37. The zero-order valence-corrected chi connectivity index (χ0v) is 14.0. The molecule has 1 aliphatic carbocycles. The largest absolute Gasteiger partial charge is 0.492 e. The van der Waals surface area contributed by atoms with Gasteiger partial charge in [-0.05, 0) is 52.2 Å². The SMILES string of the molecule is O=C1C=c2cc3cc(OCCBr)c4cccnc4c3cc2=CC1. The van der Waals surface area contributed by atoms with Crippen molar-refractivity contribution in [2.75, 3.05) is 11.9 Å². The highest BCUT2D eigenvalue weighted by Gasteiger charge is 2.10. The molecule has 0 atom stereocenters. The van der Waals surface area contributed by atoms with Gasteiger partial charge in [0.25, 0.3) is 0 Å². The lowest BCUT2D eigenvalue weighted by atomic mass is 9.99. The number of rotatable bonds is 3.